The average molecular weight is 548 g/mol. The summed E-state index contributed by atoms with van der Waals surface area (Å²) in [6.45, 7) is 7.26. The number of benzene rings is 2. The Morgan fingerprint density at radius 3 is 2.55 bits per heavy atom. The molecule has 2 aromatic carbocycles. The van der Waals surface area contributed by atoms with Gasteiger partial charge in [-0.1, -0.05) is 79.4 Å². The number of amides is 3. The first-order chi connectivity index (χ1) is 19.4. The number of carbonyl (C=O) groups is 3. The van der Waals surface area contributed by atoms with E-state index in [0.29, 0.717) is 45.4 Å². The van der Waals surface area contributed by atoms with Crippen LogP contribution in [0.2, 0.25) is 0 Å². The largest absolute Gasteiger partial charge is 0.374 e. The van der Waals surface area contributed by atoms with Gasteiger partial charge in [0, 0.05) is 27.1 Å². The summed E-state index contributed by atoms with van der Waals surface area (Å²) < 4.78 is 12.4. The number of carbonyl (C=O) groups excluding carboxylic acids is 3. The van der Waals surface area contributed by atoms with E-state index in [4.69, 9.17) is 9.47 Å². The summed E-state index contributed by atoms with van der Waals surface area (Å²) in [6, 6.07) is 19.7. The molecule has 0 spiro atoms. The monoisotopic (exact) mass is 547 g/mol. The van der Waals surface area contributed by atoms with E-state index in [1.807, 2.05) is 72.8 Å². The van der Waals surface area contributed by atoms with Crippen molar-refractivity contribution in [1.82, 2.24) is 15.1 Å². The first-order valence-electron chi connectivity index (χ1n) is 13.7. The van der Waals surface area contributed by atoms with Gasteiger partial charge in [-0.3, -0.25) is 14.4 Å². The molecule has 2 aromatic rings. The third-order valence-electron chi connectivity index (χ3n) is 6.91. The van der Waals surface area contributed by atoms with Crippen molar-refractivity contribution in [3.8, 4) is 0 Å². The van der Waals surface area contributed by atoms with E-state index in [-0.39, 0.29) is 25.0 Å². The Morgan fingerprint density at radius 2 is 1.88 bits per heavy atom. The molecule has 1 aliphatic rings. The van der Waals surface area contributed by atoms with E-state index < -0.39 is 18.2 Å². The summed E-state index contributed by atoms with van der Waals surface area (Å²) in [4.78, 5) is 40.9. The van der Waals surface area contributed by atoms with Crippen molar-refractivity contribution < 1.29 is 23.9 Å². The van der Waals surface area contributed by atoms with Crippen LogP contribution < -0.4 is 5.32 Å². The number of ether oxygens (including phenoxy) is 2. The fourth-order valence-corrected chi connectivity index (χ4v) is 4.58. The van der Waals surface area contributed by atoms with Crippen molar-refractivity contribution in [1.29, 1.82) is 0 Å². The zero-order valence-electron chi connectivity index (χ0n) is 23.5. The fourth-order valence-electron chi connectivity index (χ4n) is 4.58. The van der Waals surface area contributed by atoms with Crippen LogP contribution in [0.25, 0.3) is 6.08 Å². The Morgan fingerprint density at radius 1 is 1.18 bits per heavy atom. The molecule has 3 rings (SSSR count). The fraction of sp³-hybridized carbons (Fsp3) is 0.406. The number of rotatable bonds is 9. The average Bonchev–Trinajstić information content (AvgIpc) is 2.97. The molecule has 3 amide bonds. The molecule has 0 saturated carbocycles. The maximum atomic E-state index is 13.8. The Kier molecular flexibility index (Phi) is 12.6. The van der Waals surface area contributed by atoms with Crippen molar-refractivity contribution >= 4 is 24.3 Å². The summed E-state index contributed by atoms with van der Waals surface area (Å²) in [5.74, 6) is -0.874. The van der Waals surface area contributed by atoms with Crippen LogP contribution in [0.3, 0.4) is 0 Å². The van der Waals surface area contributed by atoms with Crippen LogP contribution in [0.5, 0.6) is 0 Å². The molecule has 1 N–H and O–H groups in total. The van der Waals surface area contributed by atoms with Crippen molar-refractivity contribution in [2.75, 3.05) is 33.4 Å². The second-order valence-electron chi connectivity index (χ2n) is 10.1. The first-order valence-corrected chi connectivity index (χ1v) is 13.7. The third kappa shape index (κ3) is 10.1. The van der Waals surface area contributed by atoms with Gasteiger partial charge in [-0.15, -0.1) is 0 Å². The first kappa shape index (κ1) is 30.8. The minimum atomic E-state index is -0.588. The standard InChI is InChI=1S/C32H41N3O5/c1-25-20-35(26(2)37)19-11-18-31(34(3)24-36)33-32(38)29(17-10-16-27-12-6-4-7-13-27)30(40-21-25)23-39-22-28-14-8-5-9-15-28/h4-10,12-16,24,29-31H,1,11,17-23H2,2-3H3,(H,33,38)/b16-10+/t29-,30-,31+/m1/s1. The highest BCUT2D eigenvalue weighted by atomic mass is 16.5. The van der Waals surface area contributed by atoms with E-state index >= 15 is 0 Å². The van der Waals surface area contributed by atoms with Gasteiger partial charge in [0.05, 0.1) is 31.8 Å². The molecule has 1 heterocycles. The quantitative estimate of drug-likeness (QED) is 0.378. The molecule has 0 unspecified atom stereocenters. The lowest BCUT2D eigenvalue weighted by Crippen LogP contribution is -2.50. The van der Waals surface area contributed by atoms with Gasteiger partial charge >= 0.3 is 0 Å². The summed E-state index contributed by atoms with van der Waals surface area (Å²) in [5.41, 5.74) is 2.79. The molecule has 1 aliphatic heterocycles. The minimum absolute atomic E-state index is 0.0629. The van der Waals surface area contributed by atoms with Gasteiger partial charge in [0.2, 0.25) is 18.2 Å². The SMILES string of the molecule is C=C1CO[C@H](COCc2ccccc2)[C@@H](C/C=C/c2ccccc2)C(=O)N[C@@H](N(C)C=O)CCCN(C(C)=O)C1. The second-order valence-corrected chi connectivity index (χ2v) is 10.1. The molecule has 40 heavy (non-hydrogen) atoms. The smallest absolute Gasteiger partial charge is 0.227 e. The third-order valence-corrected chi connectivity index (χ3v) is 6.91. The van der Waals surface area contributed by atoms with Gasteiger partial charge in [0.1, 0.15) is 6.17 Å². The molecular weight excluding hydrogens is 506 g/mol. The van der Waals surface area contributed by atoms with Crippen LogP contribution in [0, 0.1) is 5.92 Å². The molecule has 1 fully saturated rings. The molecule has 214 valence electrons. The zero-order chi connectivity index (χ0) is 28.7. The highest BCUT2D eigenvalue weighted by Gasteiger charge is 2.31. The minimum Gasteiger partial charge on any atom is -0.374 e. The number of hydrogen-bond acceptors (Lipinski definition) is 5. The van der Waals surface area contributed by atoms with Crippen molar-refractivity contribution in [2.45, 2.75) is 45.1 Å². The van der Waals surface area contributed by atoms with Gasteiger partial charge in [-0.05, 0) is 36.0 Å². The number of allylic oxidation sites excluding steroid dienone is 1. The van der Waals surface area contributed by atoms with Gasteiger partial charge in [0.25, 0.3) is 0 Å². The van der Waals surface area contributed by atoms with Gasteiger partial charge in [-0.25, -0.2) is 0 Å². The van der Waals surface area contributed by atoms with E-state index in [0.717, 1.165) is 16.7 Å². The molecule has 1 saturated heterocycles. The van der Waals surface area contributed by atoms with Crippen LogP contribution in [0.15, 0.2) is 78.9 Å². The Hall–Kier alpha value is -3.75. The summed E-state index contributed by atoms with van der Waals surface area (Å²) in [7, 11) is 1.64. The lowest BCUT2D eigenvalue weighted by atomic mass is 9.96. The van der Waals surface area contributed by atoms with E-state index in [1.165, 1.54) is 11.8 Å². The molecule has 0 radical (unpaired) electrons. The molecule has 0 aromatic heterocycles. The van der Waals surface area contributed by atoms with Crippen LogP contribution in [0.4, 0.5) is 0 Å². The number of nitrogens with one attached hydrogen (secondary N) is 1. The van der Waals surface area contributed by atoms with E-state index in [1.54, 1.807) is 11.9 Å². The normalized spacial score (nSPS) is 21.1. The Bertz CT molecular complexity index is 1120. The molecule has 8 nitrogen and oxygen atoms in total. The summed E-state index contributed by atoms with van der Waals surface area (Å²) >= 11 is 0. The second kappa shape index (κ2) is 16.4. The molecule has 0 bridgehead atoms. The van der Waals surface area contributed by atoms with Crippen LogP contribution in [0.1, 0.15) is 37.3 Å². The number of hydrogen-bond donors (Lipinski definition) is 1. The molecule has 0 aliphatic carbocycles. The lowest BCUT2D eigenvalue weighted by molar-refractivity contribution is -0.135. The highest BCUT2D eigenvalue weighted by molar-refractivity contribution is 5.80. The van der Waals surface area contributed by atoms with Crippen LogP contribution >= 0.6 is 0 Å². The topological polar surface area (TPSA) is 88.2 Å². The Labute approximate surface area is 237 Å². The summed E-state index contributed by atoms with van der Waals surface area (Å²) in [5, 5.41) is 3.06. The lowest BCUT2D eigenvalue weighted by Gasteiger charge is -2.30. The zero-order valence-corrected chi connectivity index (χ0v) is 23.5. The maximum absolute atomic E-state index is 13.8. The van der Waals surface area contributed by atoms with Crippen molar-refractivity contribution in [3.63, 3.8) is 0 Å². The maximum Gasteiger partial charge on any atom is 0.227 e. The van der Waals surface area contributed by atoms with E-state index in [9.17, 15) is 14.4 Å². The number of nitrogens with zero attached hydrogens (tertiary/aromatic N) is 2. The van der Waals surface area contributed by atoms with Gasteiger partial charge in [0.15, 0.2) is 0 Å². The van der Waals surface area contributed by atoms with Gasteiger partial charge < -0.3 is 24.6 Å². The van der Waals surface area contributed by atoms with Gasteiger partial charge in [-0.2, -0.15) is 0 Å². The summed E-state index contributed by atoms with van der Waals surface area (Å²) in [6.07, 6.45) is 5.06. The molecule has 3 atom stereocenters. The highest BCUT2D eigenvalue weighted by Crippen LogP contribution is 2.20. The molecular formula is C32H41N3O5. The predicted octanol–water partition coefficient (Wildman–Crippen LogP) is 4.04. The Balaban J connectivity index is 1.87. The van der Waals surface area contributed by atoms with Crippen molar-refractivity contribution in [2.24, 2.45) is 5.92 Å². The van der Waals surface area contributed by atoms with Crippen LogP contribution in [-0.4, -0.2) is 73.6 Å². The molecule has 8 heteroatoms. The predicted molar refractivity (Wildman–Crippen MR) is 156 cm³/mol. The van der Waals surface area contributed by atoms with E-state index in [2.05, 4.69) is 11.9 Å². The van der Waals surface area contributed by atoms with Crippen LogP contribution in [-0.2, 0) is 30.5 Å². The van der Waals surface area contributed by atoms with Crippen molar-refractivity contribution in [3.05, 3.63) is 90.0 Å².